The predicted molar refractivity (Wildman–Crippen MR) is 136 cm³/mol. The summed E-state index contributed by atoms with van der Waals surface area (Å²) in [5.74, 6) is 0.835. The number of hydrogen-bond acceptors (Lipinski definition) is 6. The van der Waals surface area contributed by atoms with Crippen LogP contribution in [-0.2, 0) is 14.8 Å². The molecule has 0 bridgehead atoms. The number of carbonyl (C=O) groups is 1. The molecule has 2 aliphatic rings. The number of sulfonamides is 1. The highest BCUT2D eigenvalue weighted by molar-refractivity contribution is 7.89. The van der Waals surface area contributed by atoms with Gasteiger partial charge in [0.1, 0.15) is 11.4 Å². The van der Waals surface area contributed by atoms with E-state index >= 15 is 0 Å². The third-order valence-corrected chi connectivity index (χ3v) is 8.41. The molecule has 2 aliphatic heterocycles. The summed E-state index contributed by atoms with van der Waals surface area (Å²) in [6, 6.07) is 10.8. The lowest BCUT2D eigenvalue weighted by Crippen LogP contribution is -2.50. The van der Waals surface area contributed by atoms with E-state index in [9.17, 15) is 13.2 Å². The molecule has 190 valence electrons. The third kappa shape index (κ3) is 5.95. The number of carbonyl (C=O) groups excluding carboxylic acids is 1. The number of aromatic nitrogens is 1. The number of piperidine rings is 1. The van der Waals surface area contributed by atoms with E-state index in [1.165, 1.54) is 0 Å². The van der Waals surface area contributed by atoms with Gasteiger partial charge < -0.3 is 14.5 Å². The quantitative estimate of drug-likeness (QED) is 0.620. The van der Waals surface area contributed by atoms with E-state index in [1.54, 1.807) is 21.3 Å². The first-order valence-corrected chi connectivity index (χ1v) is 13.8. The van der Waals surface area contributed by atoms with Crippen LogP contribution in [0, 0.1) is 6.92 Å². The smallest absolute Gasteiger partial charge is 0.410 e. The Morgan fingerprint density at radius 1 is 0.971 bits per heavy atom. The van der Waals surface area contributed by atoms with Crippen molar-refractivity contribution in [1.29, 1.82) is 0 Å². The Morgan fingerprint density at radius 2 is 1.66 bits per heavy atom. The molecule has 1 atom stereocenters. The maximum Gasteiger partial charge on any atom is 0.410 e. The summed E-state index contributed by atoms with van der Waals surface area (Å²) >= 11 is 0. The minimum atomic E-state index is -3.59. The molecule has 1 amide bonds. The molecule has 0 spiro atoms. The van der Waals surface area contributed by atoms with Crippen molar-refractivity contribution in [3.05, 3.63) is 53.7 Å². The number of hydrogen-bond donors (Lipinski definition) is 0. The van der Waals surface area contributed by atoms with E-state index in [4.69, 9.17) is 4.74 Å². The first kappa shape index (κ1) is 25.4. The lowest BCUT2D eigenvalue weighted by atomic mass is 9.99. The minimum absolute atomic E-state index is 0.222. The van der Waals surface area contributed by atoms with Crippen LogP contribution >= 0.6 is 0 Å². The lowest BCUT2D eigenvalue weighted by Gasteiger charge is -2.37. The van der Waals surface area contributed by atoms with Gasteiger partial charge in [-0.3, -0.25) is 0 Å². The summed E-state index contributed by atoms with van der Waals surface area (Å²) in [6.45, 7) is 10.5. The van der Waals surface area contributed by atoms with Gasteiger partial charge in [0.15, 0.2) is 0 Å². The normalized spacial score (nSPS) is 20.1. The number of anilines is 1. The van der Waals surface area contributed by atoms with E-state index in [0.29, 0.717) is 37.6 Å². The molecule has 2 aromatic rings. The van der Waals surface area contributed by atoms with Crippen LogP contribution in [0.1, 0.15) is 57.2 Å². The van der Waals surface area contributed by atoms with Gasteiger partial charge >= 0.3 is 6.09 Å². The number of benzene rings is 1. The van der Waals surface area contributed by atoms with Crippen LogP contribution in [-0.4, -0.2) is 67.0 Å². The first-order chi connectivity index (χ1) is 16.5. The summed E-state index contributed by atoms with van der Waals surface area (Å²) < 4.78 is 34.0. The third-order valence-electron chi connectivity index (χ3n) is 6.49. The number of rotatable bonds is 4. The maximum absolute atomic E-state index is 13.4. The van der Waals surface area contributed by atoms with Crippen molar-refractivity contribution in [1.82, 2.24) is 14.2 Å². The number of nitrogens with zero attached hydrogens (tertiary/aromatic N) is 4. The standard InChI is InChI=1S/C26H36N4O4S/c1-20-8-11-22(12-9-20)35(32,33)30-14-6-5-7-23(30)21-10-13-24(27-19-21)28-15-17-29(18-16-28)25(31)34-26(2,3)4/h8-13,19,23H,5-7,14-18H2,1-4H3. The zero-order valence-electron chi connectivity index (χ0n) is 21.1. The Kier molecular flexibility index (Phi) is 7.38. The van der Waals surface area contributed by atoms with Gasteiger partial charge in [-0.05, 0) is 64.3 Å². The second-order valence-corrected chi connectivity index (χ2v) is 12.2. The Balaban J connectivity index is 1.44. The van der Waals surface area contributed by atoms with Gasteiger partial charge in [0.05, 0.1) is 10.9 Å². The van der Waals surface area contributed by atoms with Crippen LogP contribution in [0.25, 0.3) is 0 Å². The number of aryl methyl sites for hydroxylation is 1. The summed E-state index contributed by atoms with van der Waals surface area (Å²) in [7, 11) is -3.59. The molecule has 3 heterocycles. The number of pyridine rings is 1. The van der Waals surface area contributed by atoms with Gasteiger partial charge in [-0.15, -0.1) is 0 Å². The van der Waals surface area contributed by atoms with Crippen LogP contribution in [0.3, 0.4) is 0 Å². The first-order valence-electron chi connectivity index (χ1n) is 12.3. The molecular formula is C26H36N4O4S. The van der Waals surface area contributed by atoms with E-state index in [-0.39, 0.29) is 12.1 Å². The van der Waals surface area contributed by atoms with E-state index in [2.05, 4.69) is 9.88 Å². The Morgan fingerprint density at radius 3 is 2.26 bits per heavy atom. The van der Waals surface area contributed by atoms with Crippen LogP contribution in [0.2, 0.25) is 0 Å². The van der Waals surface area contributed by atoms with Crippen LogP contribution in [0.15, 0.2) is 47.5 Å². The zero-order valence-corrected chi connectivity index (χ0v) is 21.9. The van der Waals surface area contributed by atoms with Crippen molar-refractivity contribution >= 4 is 21.9 Å². The molecule has 8 nitrogen and oxygen atoms in total. The van der Waals surface area contributed by atoms with Gasteiger partial charge in [-0.1, -0.05) is 30.2 Å². The van der Waals surface area contributed by atoms with Gasteiger partial charge in [0, 0.05) is 38.9 Å². The van der Waals surface area contributed by atoms with Crippen LogP contribution in [0.4, 0.5) is 10.6 Å². The highest BCUT2D eigenvalue weighted by Crippen LogP contribution is 2.35. The SMILES string of the molecule is Cc1ccc(S(=O)(=O)N2CCCCC2c2ccc(N3CCN(C(=O)OC(C)(C)C)CC3)nc2)cc1. The molecular weight excluding hydrogens is 464 g/mol. The molecule has 2 saturated heterocycles. The van der Waals surface area contributed by atoms with Crippen molar-refractivity contribution in [2.24, 2.45) is 0 Å². The predicted octanol–water partition coefficient (Wildman–Crippen LogP) is 4.36. The number of amides is 1. The lowest BCUT2D eigenvalue weighted by molar-refractivity contribution is 0.0240. The maximum atomic E-state index is 13.4. The Bertz CT molecular complexity index is 1120. The minimum Gasteiger partial charge on any atom is -0.444 e. The molecule has 1 unspecified atom stereocenters. The van der Waals surface area contributed by atoms with Crippen molar-refractivity contribution in [2.45, 2.75) is 63.5 Å². The second-order valence-electron chi connectivity index (χ2n) is 10.3. The van der Waals surface area contributed by atoms with Crippen LogP contribution < -0.4 is 4.90 Å². The highest BCUT2D eigenvalue weighted by Gasteiger charge is 2.35. The molecule has 0 N–H and O–H groups in total. The monoisotopic (exact) mass is 500 g/mol. The molecule has 1 aromatic heterocycles. The summed E-state index contributed by atoms with van der Waals surface area (Å²) in [6.07, 6.45) is 4.14. The molecule has 9 heteroatoms. The molecule has 0 saturated carbocycles. The summed E-state index contributed by atoms with van der Waals surface area (Å²) in [5, 5.41) is 0. The topological polar surface area (TPSA) is 83.1 Å². The fourth-order valence-electron chi connectivity index (χ4n) is 4.60. The fourth-order valence-corrected chi connectivity index (χ4v) is 6.28. The van der Waals surface area contributed by atoms with Crippen molar-refractivity contribution < 1.29 is 17.9 Å². The van der Waals surface area contributed by atoms with E-state index in [0.717, 1.165) is 36.2 Å². The van der Waals surface area contributed by atoms with Crippen molar-refractivity contribution in [2.75, 3.05) is 37.6 Å². The van der Waals surface area contributed by atoms with Crippen LogP contribution in [0.5, 0.6) is 0 Å². The van der Waals surface area contributed by atoms with E-state index in [1.807, 2.05) is 58.2 Å². The Labute approximate surface area is 208 Å². The number of ether oxygens (including phenoxy) is 1. The molecule has 4 rings (SSSR count). The van der Waals surface area contributed by atoms with Crippen molar-refractivity contribution in [3.63, 3.8) is 0 Å². The molecule has 2 fully saturated rings. The second kappa shape index (κ2) is 10.1. The van der Waals surface area contributed by atoms with Gasteiger partial charge in [-0.25, -0.2) is 18.2 Å². The summed E-state index contributed by atoms with van der Waals surface area (Å²) in [5.41, 5.74) is 1.44. The van der Waals surface area contributed by atoms with E-state index < -0.39 is 15.6 Å². The van der Waals surface area contributed by atoms with Gasteiger partial charge in [-0.2, -0.15) is 4.31 Å². The highest BCUT2D eigenvalue weighted by atomic mass is 32.2. The molecule has 0 radical (unpaired) electrons. The molecule has 35 heavy (non-hydrogen) atoms. The van der Waals surface area contributed by atoms with Gasteiger partial charge in [0.2, 0.25) is 10.0 Å². The van der Waals surface area contributed by atoms with Gasteiger partial charge in [0.25, 0.3) is 0 Å². The largest absolute Gasteiger partial charge is 0.444 e. The molecule has 0 aliphatic carbocycles. The Hall–Kier alpha value is -2.65. The zero-order chi connectivity index (χ0) is 25.2. The fraction of sp³-hybridized carbons (Fsp3) is 0.538. The average Bonchev–Trinajstić information content (AvgIpc) is 2.83. The summed E-state index contributed by atoms with van der Waals surface area (Å²) in [4.78, 5) is 21.2. The average molecular weight is 501 g/mol. The number of piperazine rings is 1. The molecule has 1 aromatic carbocycles. The van der Waals surface area contributed by atoms with Crippen molar-refractivity contribution in [3.8, 4) is 0 Å².